The highest BCUT2D eigenvalue weighted by atomic mass is 32.1. The van der Waals surface area contributed by atoms with Gasteiger partial charge in [0.25, 0.3) is 0 Å². The molecule has 2 heterocycles. The molecule has 1 aliphatic rings. The van der Waals surface area contributed by atoms with Crippen LogP contribution in [0.5, 0.6) is 0 Å². The Kier molecular flexibility index (Phi) is 4.20. The maximum Gasteiger partial charge on any atom is 0.363 e. The fourth-order valence-corrected chi connectivity index (χ4v) is 3.39. The van der Waals surface area contributed by atoms with E-state index in [1.807, 2.05) is 36.4 Å². The summed E-state index contributed by atoms with van der Waals surface area (Å²) >= 11 is 1.69. The number of hydrogen-bond acceptors (Lipinski definition) is 4. The Hall–Kier alpha value is -2.20. The molecule has 4 heteroatoms. The lowest BCUT2D eigenvalue weighted by Gasteiger charge is -1.99. The first-order valence-corrected chi connectivity index (χ1v) is 8.10. The second kappa shape index (κ2) is 6.28. The standard InChI is InChI=1S/C18H17NO2S/c1-12(2)10-14-8-9-15(22-14)11-16-18(20)21-17(19-16)13-6-4-3-5-7-13/h3-9,11-12H,10H2,1-2H3. The molecule has 0 unspecified atom stereocenters. The van der Waals surface area contributed by atoms with Gasteiger partial charge >= 0.3 is 5.97 Å². The molecule has 0 radical (unpaired) electrons. The number of rotatable bonds is 4. The number of nitrogens with zero attached hydrogens (tertiary/aromatic N) is 1. The zero-order valence-corrected chi connectivity index (χ0v) is 13.4. The Morgan fingerprint density at radius 2 is 1.95 bits per heavy atom. The summed E-state index contributed by atoms with van der Waals surface area (Å²) in [5, 5.41) is 0. The lowest BCUT2D eigenvalue weighted by atomic mass is 10.1. The van der Waals surface area contributed by atoms with Crippen molar-refractivity contribution < 1.29 is 9.53 Å². The van der Waals surface area contributed by atoms with Gasteiger partial charge in [0.2, 0.25) is 5.90 Å². The third kappa shape index (κ3) is 3.34. The Bertz CT molecular complexity index is 741. The average Bonchev–Trinajstić information content (AvgIpc) is 3.07. The van der Waals surface area contributed by atoms with Crippen LogP contribution >= 0.6 is 11.3 Å². The van der Waals surface area contributed by atoms with Crippen LogP contribution in [0.4, 0.5) is 0 Å². The van der Waals surface area contributed by atoms with E-state index in [0.717, 1.165) is 16.9 Å². The number of carbonyl (C=O) groups excluding carboxylic acids is 1. The SMILES string of the molecule is CC(C)Cc1ccc(C=C2N=C(c3ccccc3)OC2=O)s1. The van der Waals surface area contributed by atoms with Crippen LogP contribution in [0.3, 0.4) is 0 Å². The number of carbonyl (C=O) groups is 1. The monoisotopic (exact) mass is 311 g/mol. The molecule has 0 bridgehead atoms. The summed E-state index contributed by atoms with van der Waals surface area (Å²) in [5.41, 5.74) is 1.17. The molecular formula is C18H17NO2S. The van der Waals surface area contributed by atoms with Gasteiger partial charge in [-0.05, 0) is 42.7 Å². The molecule has 0 saturated carbocycles. The molecule has 0 N–H and O–H groups in total. The van der Waals surface area contributed by atoms with Gasteiger partial charge < -0.3 is 4.74 Å². The van der Waals surface area contributed by atoms with Gasteiger partial charge in [0, 0.05) is 15.3 Å². The number of cyclic esters (lactones) is 1. The lowest BCUT2D eigenvalue weighted by Crippen LogP contribution is -2.04. The second-order valence-electron chi connectivity index (χ2n) is 5.60. The van der Waals surface area contributed by atoms with Crippen molar-refractivity contribution in [2.45, 2.75) is 20.3 Å². The van der Waals surface area contributed by atoms with Crippen LogP contribution in [0.25, 0.3) is 6.08 Å². The van der Waals surface area contributed by atoms with Crippen molar-refractivity contribution in [2.24, 2.45) is 10.9 Å². The minimum Gasteiger partial charge on any atom is -0.402 e. The molecule has 0 spiro atoms. The van der Waals surface area contributed by atoms with E-state index in [1.165, 1.54) is 4.88 Å². The smallest absolute Gasteiger partial charge is 0.363 e. The summed E-state index contributed by atoms with van der Waals surface area (Å²) in [6.45, 7) is 4.39. The van der Waals surface area contributed by atoms with E-state index < -0.39 is 5.97 Å². The number of aliphatic imine (C=N–C) groups is 1. The van der Waals surface area contributed by atoms with Crippen molar-refractivity contribution in [1.29, 1.82) is 0 Å². The van der Waals surface area contributed by atoms with Crippen molar-refractivity contribution in [3.8, 4) is 0 Å². The molecule has 0 fully saturated rings. The zero-order valence-electron chi connectivity index (χ0n) is 12.6. The Morgan fingerprint density at radius 3 is 2.68 bits per heavy atom. The molecule has 0 atom stereocenters. The summed E-state index contributed by atoms with van der Waals surface area (Å²) < 4.78 is 5.25. The van der Waals surface area contributed by atoms with Crippen molar-refractivity contribution in [1.82, 2.24) is 0 Å². The van der Waals surface area contributed by atoms with Gasteiger partial charge in [0.1, 0.15) is 0 Å². The molecule has 22 heavy (non-hydrogen) atoms. The van der Waals surface area contributed by atoms with Crippen LogP contribution in [0.15, 0.2) is 53.2 Å². The normalized spacial score (nSPS) is 16.2. The number of ether oxygens (including phenoxy) is 1. The van der Waals surface area contributed by atoms with Crippen LogP contribution in [0, 0.1) is 5.92 Å². The second-order valence-corrected chi connectivity index (χ2v) is 6.80. The highest BCUT2D eigenvalue weighted by Crippen LogP contribution is 2.25. The summed E-state index contributed by atoms with van der Waals surface area (Å²) in [4.78, 5) is 18.6. The van der Waals surface area contributed by atoms with Crippen LogP contribution < -0.4 is 0 Å². The van der Waals surface area contributed by atoms with Crippen molar-refractivity contribution in [3.63, 3.8) is 0 Å². The van der Waals surface area contributed by atoms with Crippen LogP contribution in [-0.2, 0) is 16.0 Å². The van der Waals surface area contributed by atoms with Crippen LogP contribution in [-0.4, -0.2) is 11.9 Å². The fraction of sp³-hybridized carbons (Fsp3) is 0.222. The van der Waals surface area contributed by atoms with Crippen molar-refractivity contribution >= 4 is 29.3 Å². The van der Waals surface area contributed by atoms with Gasteiger partial charge in [-0.2, -0.15) is 0 Å². The van der Waals surface area contributed by atoms with E-state index >= 15 is 0 Å². The summed E-state index contributed by atoms with van der Waals surface area (Å²) in [7, 11) is 0. The van der Waals surface area contributed by atoms with E-state index in [4.69, 9.17) is 4.74 Å². The number of hydrogen-bond donors (Lipinski definition) is 0. The van der Waals surface area contributed by atoms with Gasteiger partial charge in [-0.25, -0.2) is 9.79 Å². The molecule has 0 aliphatic carbocycles. The number of esters is 1. The minimum absolute atomic E-state index is 0.358. The maximum absolute atomic E-state index is 11.9. The number of benzene rings is 1. The quantitative estimate of drug-likeness (QED) is 0.624. The first kappa shape index (κ1) is 14.7. The molecule has 112 valence electrons. The molecule has 3 nitrogen and oxygen atoms in total. The predicted octanol–water partition coefficient (Wildman–Crippen LogP) is 4.29. The van der Waals surface area contributed by atoms with Gasteiger partial charge in [0.05, 0.1) is 0 Å². The minimum atomic E-state index is -0.391. The van der Waals surface area contributed by atoms with Crippen LogP contribution in [0.2, 0.25) is 0 Å². The van der Waals surface area contributed by atoms with Gasteiger partial charge in [-0.3, -0.25) is 0 Å². The Morgan fingerprint density at radius 1 is 1.18 bits per heavy atom. The Labute approximate surface area is 134 Å². The average molecular weight is 311 g/mol. The molecule has 1 aliphatic heterocycles. The summed E-state index contributed by atoms with van der Waals surface area (Å²) in [5.74, 6) is 0.603. The number of thiophene rings is 1. The third-order valence-electron chi connectivity index (χ3n) is 3.21. The van der Waals surface area contributed by atoms with E-state index in [-0.39, 0.29) is 0 Å². The van der Waals surface area contributed by atoms with Crippen molar-refractivity contribution in [3.05, 3.63) is 63.5 Å². The zero-order chi connectivity index (χ0) is 15.5. The van der Waals surface area contributed by atoms with Gasteiger partial charge in [-0.15, -0.1) is 11.3 Å². The topological polar surface area (TPSA) is 38.7 Å². The molecule has 3 rings (SSSR count). The first-order chi connectivity index (χ1) is 10.6. The molecule has 0 saturated heterocycles. The van der Waals surface area contributed by atoms with Crippen LogP contribution in [0.1, 0.15) is 29.2 Å². The Balaban J connectivity index is 1.83. The molecule has 1 aromatic heterocycles. The highest BCUT2D eigenvalue weighted by molar-refractivity contribution is 7.12. The maximum atomic E-state index is 11.9. The van der Waals surface area contributed by atoms with E-state index in [9.17, 15) is 4.79 Å². The first-order valence-electron chi connectivity index (χ1n) is 7.28. The third-order valence-corrected chi connectivity index (χ3v) is 4.27. The highest BCUT2D eigenvalue weighted by Gasteiger charge is 2.24. The van der Waals surface area contributed by atoms with E-state index in [1.54, 1.807) is 17.4 Å². The molecule has 1 aromatic carbocycles. The van der Waals surface area contributed by atoms with E-state index in [0.29, 0.717) is 17.5 Å². The fourth-order valence-electron chi connectivity index (χ4n) is 2.23. The largest absolute Gasteiger partial charge is 0.402 e. The summed E-state index contributed by atoms with van der Waals surface area (Å²) in [6.07, 6.45) is 2.85. The molecular weight excluding hydrogens is 294 g/mol. The van der Waals surface area contributed by atoms with Gasteiger partial charge in [0.15, 0.2) is 5.70 Å². The van der Waals surface area contributed by atoms with E-state index in [2.05, 4.69) is 24.9 Å². The van der Waals surface area contributed by atoms with Gasteiger partial charge in [-0.1, -0.05) is 32.0 Å². The van der Waals surface area contributed by atoms with Crippen molar-refractivity contribution in [2.75, 3.05) is 0 Å². The molecule has 2 aromatic rings. The summed E-state index contributed by atoms with van der Waals surface area (Å²) in [6, 6.07) is 13.6. The molecule has 0 amide bonds. The predicted molar refractivity (Wildman–Crippen MR) is 89.9 cm³/mol. The lowest BCUT2D eigenvalue weighted by molar-refractivity contribution is -0.129.